The van der Waals surface area contributed by atoms with Gasteiger partial charge in [-0.25, -0.2) is 9.78 Å². The number of carboxylic acids is 1. The molecule has 1 aromatic heterocycles. The number of nitrogens with zero attached hydrogens (tertiary/aromatic N) is 3. The first-order valence-corrected chi connectivity index (χ1v) is 5.85. The van der Waals surface area contributed by atoms with Gasteiger partial charge < -0.3 is 20.1 Å². The minimum Gasteiger partial charge on any atom is -0.501 e. The maximum atomic E-state index is 11.6. The lowest BCUT2D eigenvalue weighted by Gasteiger charge is -2.36. The van der Waals surface area contributed by atoms with Gasteiger partial charge in [-0.2, -0.15) is 0 Å². The first-order chi connectivity index (χ1) is 8.90. The molecule has 0 spiro atoms. The lowest BCUT2D eigenvalue weighted by atomic mass is 10.1. The second-order valence-electron chi connectivity index (χ2n) is 4.71. The van der Waals surface area contributed by atoms with Gasteiger partial charge in [-0.1, -0.05) is 0 Å². The van der Waals surface area contributed by atoms with Gasteiger partial charge in [-0.3, -0.25) is 9.69 Å². The van der Waals surface area contributed by atoms with Crippen molar-refractivity contribution in [3.8, 4) is 5.75 Å². The van der Waals surface area contributed by atoms with Crippen LogP contribution in [0.15, 0.2) is 4.79 Å². The van der Waals surface area contributed by atoms with Crippen LogP contribution in [0.1, 0.15) is 22.4 Å². The number of aromatic nitrogens is 2. The number of hydrogen-bond acceptors (Lipinski definition) is 6. The van der Waals surface area contributed by atoms with Gasteiger partial charge in [-0.15, -0.1) is 0 Å². The van der Waals surface area contributed by atoms with Crippen molar-refractivity contribution in [1.29, 1.82) is 0 Å². The van der Waals surface area contributed by atoms with E-state index >= 15 is 0 Å². The number of aromatic hydroxyl groups is 1. The first kappa shape index (κ1) is 13.5. The highest BCUT2D eigenvalue weighted by Crippen LogP contribution is 2.21. The van der Waals surface area contributed by atoms with Crippen LogP contribution in [0, 0.1) is 0 Å². The fourth-order valence-electron chi connectivity index (χ4n) is 2.10. The monoisotopic (exact) mass is 268 g/mol. The fourth-order valence-corrected chi connectivity index (χ4v) is 2.10. The number of piperazine rings is 1. The zero-order valence-electron chi connectivity index (χ0n) is 10.8. The molecule has 3 N–H and O–H groups in total. The molecule has 8 nitrogen and oxygen atoms in total. The molecule has 0 aliphatic carbocycles. The average Bonchev–Trinajstić information content (AvgIpc) is 2.35. The molecule has 8 heteroatoms. The Morgan fingerprint density at radius 3 is 2.74 bits per heavy atom. The van der Waals surface area contributed by atoms with Crippen molar-refractivity contribution < 1.29 is 15.0 Å². The van der Waals surface area contributed by atoms with Crippen molar-refractivity contribution in [1.82, 2.24) is 19.8 Å². The van der Waals surface area contributed by atoms with Crippen LogP contribution in [0.2, 0.25) is 0 Å². The van der Waals surface area contributed by atoms with Crippen molar-refractivity contribution in [2.24, 2.45) is 0 Å². The SMILES string of the molecule is CN1CCN(C)C(c2nc(C(=O)O)c(O)c(=O)[nH]2)C1. The Morgan fingerprint density at radius 2 is 2.11 bits per heavy atom. The Labute approximate surface area is 109 Å². The molecule has 1 aliphatic heterocycles. The van der Waals surface area contributed by atoms with Crippen LogP contribution in [-0.2, 0) is 0 Å². The largest absolute Gasteiger partial charge is 0.501 e. The van der Waals surface area contributed by atoms with Gasteiger partial charge in [0, 0.05) is 19.6 Å². The molecule has 1 saturated heterocycles. The molecule has 0 aromatic carbocycles. The maximum absolute atomic E-state index is 11.6. The molecule has 0 amide bonds. The van der Waals surface area contributed by atoms with Gasteiger partial charge in [0.1, 0.15) is 5.82 Å². The fraction of sp³-hybridized carbons (Fsp3) is 0.545. The topological polar surface area (TPSA) is 110 Å². The molecule has 0 saturated carbocycles. The van der Waals surface area contributed by atoms with Gasteiger partial charge in [0.15, 0.2) is 5.69 Å². The molecule has 1 aromatic rings. The third kappa shape index (κ3) is 2.59. The number of H-pyrrole nitrogens is 1. The maximum Gasteiger partial charge on any atom is 0.358 e. The van der Waals surface area contributed by atoms with Crippen LogP contribution >= 0.6 is 0 Å². The minimum absolute atomic E-state index is 0.204. The smallest absolute Gasteiger partial charge is 0.358 e. The van der Waals surface area contributed by atoms with Crippen LogP contribution in [0.25, 0.3) is 0 Å². The van der Waals surface area contributed by atoms with Gasteiger partial charge >= 0.3 is 5.97 Å². The summed E-state index contributed by atoms with van der Waals surface area (Å²) < 4.78 is 0. The molecular formula is C11H16N4O4. The van der Waals surface area contributed by atoms with E-state index < -0.39 is 23.0 Å². The summed E-state index contributed by atoms with van der Waals surface area (Å²) in [5, 5.41) is 18.3. The number of carbonyl (C=O) groups is 1. The lowest BCUT2D eigenvalue weighted by Crippen LogP contribution is -2.45. The molecule has 1 aliphatic rings. The van der Waals surface area contributed by atoms with E-state index in [0.29, 0.717) is 6.54 Å². The molecule has 1 fully saturated rings. The summed E-state index contributed by atoms with van der Waals surface area (Å²) >= 11 is 0. The van der Waals surface area contributed by atoms with Crippen molar-refractivity contribution in [3.63, 3.8) is 0 Å². The Hall–Kier alpha value is -1.93. The number of likely N-dealkylation sites (N-methyl/N-ethyl adjacent to an activating group) is 2. The first-order valence-electron chi connectivity index (χ1n) is 5.85. The molecule has 2 heterocycles. The highest BCUT2D eigenvalue weighted by Gasteiger charge is 2.28. The molecule has 1 atom stereocenters. The molecule has 19 heavy (non-hydrogen) atoms. The van der Waals surface area contributed by atoms with E-state index in [4.69, 9.17) is 5.11 Å². The van der Waals surface area contributed by atoms with Crippen LogP contribution in [0.5, 0.6) is 5.75 Å². The summed E-state index contributed by atoms with van der Waals surface area (Å²) in [6, 6.07) is -0.204. The Kier molecular flexibility index (Phi) is 3.54. The number of nitrogens with one attached hydrogen (secondary N) is 1. The van der Waals surface area contributed by atoms with E-state index in [9.17, 15) is 14.7 Å². The zero-order valence-corrected chi connectivity index (χ0v) is 10.8. The predicted octanol–water partition coefficient (Wildman–Crippen LogP) is -0.908. The van der Waals surface area contributed by atoms with E-state index in [1.54, 1.807) is 0 Å². The van der Waals surface area contributed by atoms with E-state index in [2.05, 4.69) is 14.9 Å². The Morgan fingerprint density at radius 1 is 1.42 bits per heavy atom. The molecular weight excluding hydrogens is 252 g/mol. The lowest BCUT2D eigenvalue weighted by molar-refractivity contribution is 0.0683. The number of rotatable bonds is 2. The number of carboxylic acid groups (broad SMARTS) is 1. The van der Waals surface area contributed by atoms with Gasteiger partial charge in [0.05, 0.1) is 6.04 Å². The van der Waals surface area contributed by atoms with Crippen molar-refractivity contribution in [2.75, 3.05) is 33.7 Å². The van der Waals surface area contributed by atoms with Crippen molar-refractivity contribution in [3.05, 3.63) is 21.9 Å². The highest BCUT2D eigenvalue weighted by atomic mass is 16.4. The highest BCUT2D eigenvalue weighted by molar-refractivity contribution is 5.88. The van der Waals surface area contributed by atoms with Crippen LogP contribution in [0.4, 0.5) is 0 Å². The number of aromatic carboxylic acids is 1. The summed E-state index contributed by atoms with van der Waals surface area (Å²) in [4.78, 5) is 32.9. The van der Waals surface area contributed by atoms with E-state index in [0.717, 1.165) is 13.1 Å². The van der Waals surface area contributed by atoms with E-state index in [1.807, 2.05) is 19.0 Å². The quantitative estimate of drug-likeness (QED) is 0.637. The summed E-state index contributed by atoms with van der Waals surface area (Å²) in [7, 11) is 3.82. The third-order valence-corrected chi connectivity index (χ3v) is 3.28. The molecule has 2 rings (SSSR count). The Balaban J connectivity index is 2.45. The average molecular weight is 268 g/mol. The van der Waals surface area contributed by atoms with E-state index in [-0.39, 0.29) is 11.9 Å². The molecule has 0 bridgehead atoms. The summed E-state index contributed by atoms with van der Waals surface area (Å²) in [5.41, 5.74) is -1.44. The van der Waals surface area contributed by atoms with Crippen molar-refractivity contribution >= 4 is 5.97 Å². The van der Waals surface area contributed by atoms with Gasteiger partial charge in [0.25, 0.3) is 5.56 Å². The van der Waals surface area contributed by atoms with E-state index in [1.165, 1.54) is 0 Å². The number of aromatic amines is 1. The second kappa shape index (κ2) is 4.98. The normalized spacial score (nSPS) is 21.5. The van der Waals surface area contributed by atoms with Gasteiger partial charge in [0.2, 0.25) is 5.75 Å². The standard InChI is InChI=1S/C11H16N4O4/c1-14-3-4-15(2)6(5-14)9-12-7(11(18)19)8(16)10(17)13-9/h6,16H,3-5H2,1-2H3,(H,18,19)(H,12,13,17). The Bertz CT molecular complexity index is 556. The zero-order chi connectivity index (χ0) is 14.2. The summed E-state index contributed by atoms with van der Waals surface area (Å²) in [6.45, 7) is 2.30. The van der Waals surface area contributed by atoms with Crippen LogP contribution in [0.3, 0.4) is 0 Å². The predicted molar refractivity (Wildman–Crippen MR) is 66.3 cm³/mol. The van der Waals surface area contributed by atoms with Gasteiger partial charge in [-0.05, 0) is 14.1 Å². The van der Waals surface area contributed by atoms with Crippen LogP contribution < -0.4 is 5.56 Å². The summed E-state index contributed by atoms with van der Waals surface area (Å²) in [5.74, 6) is -2.02. The van der Waals surface area contributed by atoms with Crippen molar-refractivity contribution in [2.45, 2.75) is 6.04 Å². The molecule has 104 valence electrons. The molecule has 1 unspecified atom stereocenters. The minimum atomic E-state index is -1.42. The summed E-state index contributed by atoms with van der Waals surface area (Å²) in [6.07, 6.45) is 0. The second-order valence-corrected chi connectivity index (χ2v) is 4.71. The van der Waals surface area contributed by atoms with Crippen LogP contribution in [-0.4, -0.2) is 69.7 Å². The third-order valence-electron chi connectivity index (χ3n) is 3.28. The number of hydrogen-bond donors (Lipinski definition) is 3. The molecule has 0 radical (unpaired) electrons.